The minimum Gasteiger partial charge on any atom is -0.480 e. The summed E-state index contributed by atoms with van der Waals surface area (Å²) in [7, 11) is 0. The lowest BCUT2D eigenvalue weighted by atomic mass is 9.85. The Labute approximate surface area is 333 Å². The first kappa shape index (κ1) is 47.8. The molecule has 1 aliphatic rings. The molecule has 2 rings (SSSR count). The molecule has 0 spiro atoms. The maximum Gasteiger partial charge on any atom is 0.426 e. The summed E-state index contributed by atoms with van der Waals surface area (Å²) in [6.45, 7) is 17.0. The van der Waals surface area contributed by atoms with Gasteiger partial charge in [0.15, 0.2) is 0 Å². The maximum absolute atomic E-state index is 14.0. The Kier molecular flexibility index (Phi) is 19.6. The summed E-state index contributed by atoms with van der Waals surface area (Å²) in [5, 5.41) is 30.4. The van der Waals surface area contributed by atoms with Crippen LogP contribution in [0, 0.1) is 23.7 Å². The van der Waals surface area contributed by atoms with Gasteiger partial charge in [-0.05, 0) is 76.2 Å². The van der Waals surface area contributed by atoms with E-state index in [1.807, 2.05) is 65.0 Å². The number of carboxylic acid groups (broad SMARTS) is 1. The van der Waals surface area contributed by atoms with E-state index in [9.17, 15) is 39.0 Å². The SMILES string of the molecule is CC[C@H](C)[C@H](NC(=O)C(CC(O)C(CC(C)C)NC(=O)CCNC(=O)[C@H](Cc1ccccc1)N(NC(=O)OC(C)(C)C)C(=O)N1CCCCC1)C(C)C)C(=O)O. The molecule has 3 unspecified atom stereocenters. The van der Waals surface area contributed by atoms with E-state index in [0.717, 1.165) is 29.8 Å². The molecule has 15 nitrogen and oxygen atoms in total. The predicted molar refractivity (Wildman–Crippen MR) is 213 cm³/mol. The average molecular weight is 789 g/mol. The largest absolute Gasteiger partial charge is 0.480 e. The number of aliphatic hydroxyl groups excluding tert-OH is 1. The number of aliphatic hydroxyl groups is 1. The third-order valence-electron chi connectivity index (χ3n) is 9.93. The van der Waals surface area contributed by atoms with Crippen molar-refractivity contribution < 1.29 is 43.7 Å². The number of hydrazine groups is 1. The number of carbonyl (C=O) groups excluding carboxylic acids is 5. The third-order valence-corrected chi connectivity index (χ3v) is 9.93. The van der Waals surface area contributed by atoms with Crippen LogP contribution >= 0.6 is 0 Å². The molecule has 15 heteroatoms. The molecular weight excluding hydrogens is 720 g/mol. The fourth-order valence-electron chi connectivity index (χ4n) is 6.60. The standard InChI is InChI=1S/C41H68N6O9/c1-10-28(6)35(38(52)53)44-36(50)30(27(4)5)25-33(48)31(23-26(2)3)43-34(49)19-20-42-37(51)32(24-29-17-13-11-14-18-29)47(45-39(54)56-41(7,8)9)40(55)46-21-15-12-16-22-46/h11,13-14,17-18,26-28,30-33,35,48H,10,12,15-16,19-25H2,1-9H3,(H,42,51)(H,43,49)(H,44,50)(H,45,54)(H,52,53)/t28-,30?,31?,32-,33?,35-/m0/s1. The van der Waals surface area contributed by atoms with E-state index in [1.165, 1.54) is 0 Å². The summed E-state index contributed by atoms with van der Waals surface area (Å²) in [5.41, 5.74) is 2.41. The number of nitrogens with zero attached hydrogens (tertiary/aromatic N) is 2. The van der Waals surface area contributed by atoms with Gasteiger partial charge in [0, 0.05) is 38.4 Å². The number of amides is 6. The topological polar surface area (TPSA) is 207 Å². The summed E-state index contributed by atoms with van der Waals surface area (Å²) in [6, 6.07) is 5.55. The zero-order valence-corrected chi connectivity index (χ0v) is 34.9. The molecule has 1 aromatic rings. The van der Waals surface area contributed by atoms with Gasteiger partial charge < -0.3 is 35.8 Å². The zero-order valence-electron chi connectivity index (χ0n) is 34.9. The molecule has 6 amide bonds. The Bertz CT molecular complexity index is 1430. The Balaban J connectivity index is 2.23. The van der Waals surface area contributed by atoms with Crippen molar-refractivity contribution in [2.45, 2.75) is 144 Å². The molecule has 0 bridgehead atoms. The lowest BCUT2D eigenvalue weighted by molar-refractivity contribution is -0.144. The first-order valence-corrected chi connectivity index (χ1v) is 20.1. The van der Waals surface area contributed by atoms with Gasteiger partial charge in [-0.3, -0.25) is 14.4 Å². The highest BCUT2D eigenvalue weighted by Gasteiger charge is 2.37. The maximum atomic E-state index is 14.0. The first-order valence-electron chi connectivity index (χ1n) is 20.1. The number of ether oxygens (including phenoxy) is 1. The first-order chi connectivity index (χ1) is 26.2. The van der Waals surface area contributed by atoms with Gasteiger partial charge in [-0.15, -0.1) is 0 Å². The fraction of sp³-hybridized carbons (Fsp3) is 0.707. The van der Waals surface area contributed by atoms with E-state index >= 15 is 0 Å². The summed E-state index contributed by atoms with van der Waals surface area (Å²) in [5.74, 6) is -3.80. The molecule has 316 valence electrons. The van der Waals surface area contributed by atoms with Crippen molar-refractivity contribution in [3.8, 4) is 0 Å². The normalized spacial score (nSPS) is 16.5. The van der Waals surface area contributed by atoms with Gasteiger partial charge in [0.05, 0.1) is 12.1 Å². The van der Waals surface area contributed by atoms with Gasteiger partial charge in [-0.1, -0.05) is 78.3 Å². The molecule has 56 heavy (non-hydrogen) atoms. The average Bonchev–Trinajstić information content (AvgIpc) is 3.12. The van der Waals surface area contributed by atoms with Crippen molar-refractivity contribution >= 4 is 35.8 Å². The zero-order chi connectivity index (χ0) is 42.2. The van der Waals surface area contributed by atoms with E-state index in [1.54, 1.807) is 32.6 Å². The van der Waals surface area contributed by atoms with Crippen LogP contribution in [0.5, 0.6) is 0 Å². The van der Waals surface area contributed by atoms with E-state index in [4.69, 9.17) is 4.74 Å². The van der Waals surface area contributed by atoms with Crippen LogP contribution < -0.4 is 21.4 Å². The number of hydrogen-bond acceptors (Lipinski definition) is 8. The number of urea groups is 1. The predicted octanol–water partition coefficient (Wildman–Crippen LogP) is 4.62. The van der Waals surface area contributed by atoms with Crippen molar-refractivity contribution in [1.82, 2.24) is 31.3 Å². The summed E-state index contributed by atoms with van der Waals surface area (Å²) < 4.78 is 5.46. The number of benzene rings is 1. The molecule has 0 aliphatic carbocycles. The highest BCUT2D eigenvalue weighted by atomic mass is 16.6. The number of hydrogen-bond donors (Lipinski definition) is 6. The lowest BCUT2D eigenvalue weighted by Crippen LogP contribution is -2.62. The van der Waals surface area contributed by atoms with Gasteiger partial charge in [-0.25, -0.2) is 24.8 Å². The van der Waals surface area contributed by atoms with Crippen LogP contribution in [-0.2, 0) is 30.3 Å². The summed E-state index contributed by atoms with van der Waals surface area (Å²) in [6.07, 6.45) is 1.39. The van der Waals surface area contributed by atoms with Gasteiger partial charge >= 0.3 is 18.1 Å². The number of carboxylic acids is 1. The van der Waals surface area contributed by atoms with Crippen LogP contribution in [0.3, 0.4) is 0 Å². The van der Waals surface area contributed by atoms with Crippen molar-refractivity contribution in [2.24, 2.45) is 23.7 Å². The Hall–Kier alpha value is -4.40. The smallest absolute Gasteiger partial charge is 0.426 e. The van der Waals surface area contributed by atoms with Gasteiger partial charge in [-0.2, -0.15) is 0 Å². The second-order valence-electron chi connectivity index (χ2n) is 16.7. The minimum atomic E-state index is -1.20. The van der Waals surface area contributed by atoms with Crippen LogP contribution in [0.15, 0.2) is 30.3 Å². The molecule has 1 heterocycles. The summed E-state index contributed by atoms with van der Waals surface area (Å²) >= 11 is 0. The molecule has 0 saturated carbocycles. The summed E-state index contributed by atoms with van der Waals surface area (Å²) in [4.78, 5) is 81.1. The van der Waals surface area contributed by atoms with Crippen LogP contribution in [-0.4, -0.2) is 105 Å². The number of piperidine rings is 1. The van der Waals surface area contributed by atoms with Crippen molar-refractivity contribution in [1.29, 1.82) is 0 Å². The number of carbonyl (C=O) groups is 6. The van der Waals surface area contributed by atoms with Crippen LogP contribution in [0.4, 0.5) is 9.59 Å². The molecule has 1 fully saturated rings. The molecular formula is C41H68N6O9. The molecule has 6 N–H and O–H groups in total. The third kappa shape index (κ3) is 16.4. The lowest BCUT2D eigenvalue weighted by Gasteiger charge is -2.37. The van der Waals surface area contributed by atoms with E-state index in [2.05, 4.69) is 21.4 Å². The molecule has 6 atom stereocenters. The number of likely N-dealkylation sites (tertiary alicyclic amines) is 1. The molecule has 1 aliphatic heterocycles. The van der Waals surface area contributed by atoms with E-state index in [0.29, 0.717) is 25.9 Å². The van der Waals surface area contributed by atoms with E-state index in [-0.39, 0.29) is 43.6 Å². The second-order valence-corrected chi connectivity index (χ2v) is 16.7. The Morgan fingerprint density at radius 3 is 2.05 bits per heavy atom. The molecule has 1 saturated heterocycles. The highest BCUT2D eigenvalue weighted by molar-refractivity contribution is 5.89. The quantitative estimate of drug-likeness (QED) is 0.108. The highest BCUT2D eigenvalue weighted by Crippen LogP contribution is 2.23. The fourth-order valence-corrected chi connectivity index (χ4v) is 6.60. The second kappa shape index (κ2) is 23.0. The van der Waals surface area contributed by atoms with Crippen molar-refractivity contribution in [3.05, 3.63) is 35.9 Å². The van der Waals surface area contributed by atoms with Crippen LogP contribution in [0.2, 0.25) is 0 Å². The molecule has 1 aromatic carbocycles. The number of nitrogens with one attached hydrogen (secondary N) is 4. The Morgan fingerprint density at radius 1 is 0.893 bits per heavy atom. The number of rotatable bonds is 19. The van der Waals surface area contributed by atoms with Crippen LogP contribution in [0.25, 0.3) is 0 Å². The minimum absolute atomic E-state index is 0.00254. The number of aliphatic carboxylic acids is 1. The Morgan fingerprint density at radius 2 is 1.52 bits per heavy atom. The van der Waals surface area contributed by atoms with E-state index < -0.39 is 71.6 Å². The monoisotopic (exact) mass is 789 g/mol. The van der Waals surface area contributed by atoms with Gasteiger partial charge in [0.2, 0.25) is 17.7 Å². The van der Waals surface area contributed by atoms with Crippen LogP contribution in [0.1, 0.15) is 113 Å². The molecule has 0 aromatic heterocycles. The van der Waals surface area contributed by atoms with Gasteiger partial charge in [0.1, 0.15) is 17.7 Å². The van der Waals surface area contributed by atoms with Gasteiger partial charge in [0.25, 0.3) is 0 Å². The van der Waals surface area contributed by atoms with Crippen molar-refractivity contribution in [2.75, 3.05) is 19.6 Å². The molecule has 0 radical (unpaired) electrons. The van der Waals surface area contributed by atoms with Crippen molar-refractivity contribution in [3.63, 3.8) is 0 Å².